The molecule has 5 heteroatoms. The highest BCUT2D eigenvalue weighted by molar-refractivity contribution is 5.81. The summed E-state index contributed by atoms with van der Waals surface area (Å²) in [5, 5.41) is 21.9. The van der Waals surface area contributed by atoms with Gasteiger partial charge in [-0.1, -0.05) is 18.9 Å². The van der Waals surface area contributed by atoms with Crippen LogP contribution in [-0.4, -0.2) is 22.2 Å². The molecule has 98 valence electrons. The molecule has 0 aliphatic heterocycles. The van der Waals surface area contributed by atoms with Crippen molar-refractivity contribution >= 4 is 5.91 Å². The quantitative estimate of drug-likeness (QED) is 0.603. The SMILES string of the molecule is NC(=O)C(NC1CCCC1)c1ccc(O)c(O)c1. The third-order valence-electron chi connectivity index (χ3n) is 3.37. The first kappa shape index (κ1) is 12.7. The van der Waals surface area contributed by atoms with Crippen molar-refractivity contribution < 1.29 is 15.0 Å². The highest BCUT2D eigenvalue weighted by Crippen LogP contribution is 2.29. The van der Waals surface area contributed by atoms with Crippen molar-refractivity contribution in [3.05, 3.63) is 23.8 Å². The molecule has 1 aromatic rings. The van der Waals surface area contributed by atoms with Crippen molar-refractivity contribution in [1.29, 1.82) is 0 Å². The van der Waals surface area contributed by atoms with Crippen LogP contribution in [0.5, 0.6) is 11.5 Å². The molecule has 5 N–H and O–H groups in total. The molecule has 2 rings (SSSR count). The Labute approximate surface area is 106 Å². The third-order valence-corrected chi connectivity index (χ3v) is 3.37. The molecular weight excluding hydrogens is 232 g/mol. The number of nitrogens with one attached hydrogen (secondary N) is 1. The van der Waals surface area contributed by atoms with Gasteiger partial charge in [0.15, 0.2) is 11.5 Å². The Kier molecular flexibility index (Phi) is 3.72. The van der Waals surface area contributed by atoms with Crippen LogP contribution in [0.3, 0.4) is 0 Å². The molecule has 0 spiro atoms. The van der Waals surface area contributed by atoms with Gasteiger partial charge >= 0.3 is 0 Å². The molecule has 1 fully saturated rings. The lowest BCUT2D eigenvalue weighted by atomic mass is 10.0. The highest BCUT2D eigenvalue weighted by Gasteiger charge is 2.24. The van der Waals surface area contributed by atoms with Crippen molar-refractivity contribution in [3.8, 4) is 11.5 Å². The number of carbonyl (C=O) groups is 1. The van der Waals surface area contributed by atoms with E-state index in [9.17, 15) is 15.0 Å². The second-order valence-corrected chi connectivity index (χ2v) is 4.73. The van der Waals surface area contributed by atoms with Gasteiger partial charge in [-0.25, -0.2) is 0 Å². The minimum absolute atomic E-state index is 0.206. The summed E-state index contributed by atoms with van der Waals surface area (Å²) in [5.41, 5.74) is 5.96. The number of carbonyl (C=O) groups excluding carboxylic acids is 1. The molecule has 1 aliphatic rings. The molecule has 1 atom stereocenters. The predicted octanol–water partition coefficient (Wildman–Crippen LogP) is 1.16. The minimum atomic E-state index is -0.625. The summed E-state index contributed by atoms with van der Waals surface area (Å²) in [6.45, 7) is 0. The van der Waals surface area contributed by atoms with Crippen LogP contribution in [0.4, 0.5) is 0 Å². The fourth-order valence-electron chi connectivity index (χ4n) is 2.39. The van der Waals surface area contributed by atoms with Crippen molar-refractivity contribution in [2.75, 3.05) is 0 Å². The van der Waals surface area contributed by atoms with Crippen molar-refractivity contribution in [3.63, 3.8) is 0 Å². The zero-order chi connectivity index (χ0) is 13.1. The van der Waals surface area contributed by atoms with E-state index in [2.05, 4.69) is 5.32 Å². The first-order valence-electron chi connectivity index (χ1n) is 6.15. The number of nitrogens with two attached hydrogens (primary N) is 1. The topological polar surface area (TPSA) is 95.6 Å². The number of rotatable bonds is 4. The van der Waals surface area contributed by atoms with Crippen LogP contribution in [0.15, 0.2) is 18.2 Å². The van der Waals surface area contributed by atoms with E-state index >= 15 is 0 Å². The maximum Gasteiger partial charge on any atom is 0.239 e. The number of phenolic OH excluding ortho intramolecular Hbond substituents is 2. The molecule has 0 saturated heterocycles. The average Bonchev–Trinajstić information content (AvgIpc) is 2.82. The fraction of sp³-hybridized carbons (Fsp3) is 0.462. The fourth-order valence-corrected chi connectivity index (χ4v) is 2.39. The Balaban J connectivity index is 2.17. The van der Waals surface area contributed by atoms with Crippen LogP contribution in [0, 0.1) is 0 Å². The van der Waals surface area contributed by atoms with Crippen LogP contribution in [-0.2, 0) is 4.79 Å². The van der Waals surface area contributed by atoms with Crippen LogP contribution < -0.4 is 11.1 Å². The normalized spacial score (nSPS) is 17.8. The molecule has 18 heavy (non-hydrogen) atoms. The Morgan fingerprint density at radius 1 is 1.28 bits per heavy atom. The van der Waals surface area contributed by atoms with E-state index < -0.39 is 11.9 Å². The molecule has 0 heterocycles. The number of amides is 1. The van der Waals surface area contributed by atoms with E-state index in [0.717, 1.165) is 25.7 Å². The lowest BCUT2D eigenvalue weighted by molar-refractivity contribution is -0.120. The van der Waals surface area contributed by atoms with E-state index in [1.165, 1.54) is 12.1 Å². The van der Waals surface area contributed by atoms with E-state index in [1.54, 1.807) is 6.07 Å². The average molecular weight is 250 g/mol. The van der Waals surface area contributed by atoms with E-state index in [4.69, 9.17) is 5.73 Å². The van der Waals surface area contributed by atoms with Gasteiger partial charge in [0.1, 0.15) is 6.04 Å². The van der Waals surface area contributed by atoms with Gasteiger partial charge in [0.05, 0.1) is 0 Å². The Hall–Kier alpha value is -1.75. The number of aromatic hydroxyl groups is 2. The number of benzene rings is 1. The zero-order valence-corrected chi connectivity index (χ0v) is 10.1. The second kappa shape index (κ2) is 5.27. The second-order valence-electron chi connectivity index (χ2n) is 4.73. The monoisotopic (exact) mass is 250 g/mol. The number of hydrogen-bond acceptors (Lipinski definition) is 4. The summed E-state index contributed by atoms with van der Waals surface area (Å²) in [4.78, 5) is 11.5. The lowest BCUT2D eigenvalue weighted by Gasteiger charge is -2.20. The Morgan fingerprint density at radius 3 is 2.50 bits per heavy atom. The smallest absolute Gasteiger partial charge is 0.239 e. The van der Waals surface area contributed by atoms with E-state index in [1.807, 2.05) is 0 Å². The zero-order valence-electron chi connectivity index (χ0n) is 10.1. The van der Waals surface area contributed by atoms with Gasteiger partial charge in [-0.2, -0.15) is 0 Å². The number of phenols is 2. The van der Waals surface area contributed by atoms with Gasteiger partial charge in [0.2, 0.25) is 5.91 Å². The maximum absolute atomic E-state index is 11.5. The van der Waals surface area contributed by atoms with Crippen molar-refractivity contribution in [1.82, 2.24) is 5.32 Å². The molecule has 1 amide bonds. The van der Waals surface area contributed by atoms with Gasteiger partial charge in [-0.3, -0.25) is 10.1 Å². The molecule has 0 bridgehead atoms. The summed E-state index contributed by atoms with van der Waals surface area (Å²) in [6, 6.07) is 3.98. The van der Waals surface area contributed by atoms with Gasteiger partial charge in [-0.05, 0) is 30.5 Å². The molecule has 0 aromatic heterocycles. The molecule has 1 aromatic carbocycles. The van der Waals surface area contributed by atoms with Crippen LogP contribution in [0.25, 0.3) is 0 Å². The number of primary amides is 1. The highest BCUT2D eigenvalue weighted by atomic mass is 16.3. The first-order valence-corrected chi connectivity index (χ1v) is 6.15. The summed E-state index contributed by atoms with van der Waals surface area (Å²) in [7, 11) is 0. The van der Waals surface area contributed by atoms with Gasteiger partial charge in [-0.15, -0.1) is 0 Å². The first-order chi connectivity index (χ1) is 8.58. The number of hydrogen-bond donors (Lipinski definition) is 4. The summed E-state index contributed by atoms with van der Waals surface area (Å²) >= 11 is 0. The van der Waals surface area contributed by atoms with E-state index in [-0.39, 0.29) is 11.5 Å². The molecule has 1 unspecified atom stereocenters. The van der Waals surface area contributed by atoms with Crippen LogP contribution in [0.1, 0.15) is 37.3 Å². The predicted molar refractivity (Wildman–Crippen MR) is 67.1 cm³/mol. The van der Waals surface area contributed by atoms with Crippen molar-refractivity contribution in [2.45, 2.75) is 37.8 Å². The standard InChI is InChI=1S/C13H18N2O3/c14-13(18)12(15-9-3-1-2-4-9)8-5-6-10(16)11(17)7-8/h5-7,9,12,15-17H,1-4H2,(H2,14,18). The van der Waals surface area contributed by atoms with Crippen LogP contribution in [0.2, 0.25) is 0 Å². The van der Waals surface area contributed by atoms with Crippen molar-refractivity contribution in [2.24, 2.45) is 5.73 Å². The summed E-state index contributed by atoms with van der Waals surface area (Å²) in [5.74, 6) is -0.929. The summed E-state index contributed by atoms with van der Waals surface area (Å²) in [6.07, 6.45) is 4.38. The molecule has 5 nitrogen and oxygen atoms in total. The largest absolute Gasteiger partial charge is 0.504 e. The van der Waals surface area contributed by atoms with Gasteiger partial charge in [0, 0.05) is 6.04 Å². The van der Waals surface area contributed by atoms with Gasteiger partial charge in [0.25, 0.3) is 0 Å². The molecule has 1 aliphatic carbocycles. The van der Waals surface area contributed by atoms with Crippen LogP contribution >= 0.6 is 0 Å². The third kappa shape index (κ3) is 2.73. The van der Waals surface area contributed by atoms with Gasteiger partial charge < -0.3 is 15.9 Å². The Bertz CT molecular complexity index is 442. The summed E-state index contributed by atoms with van der Waals surface area (Å²) < 4.78 is 0. The Morgan fingerprint density at radius 2 is 1.94 bits per heavy atom. The maximum atomic E-state index is 11.5. The minimum Gasteiger partial charge on any atom is -0.504 e. The lowest BCUT2D eigenvalue weighted by Crippen LogP contribution is -2.38. The molecule has 0 radical (unpaired) electrons. The molecular formula is C13H18N2O3. The molecule has 1 saturated carbocycles. The van der Waals surface area contributed by atoms with E-state index in [0.29, 0.717) is 11.6 Å².